The Balaban J connectivity index is 1.27. The highest BCUT2D eigenvalue weighted by atomic mass is 15.0. The van der Waals surface area contributed by atoms with Gasteiger partial charge in [-0.1, -0.05) is 168 Å². The molecule has 0 aliphatic heterocycles. The van der Waals surface area contributed by atoms with E-state index in [0.717, 1.165) is 61.3 Å². The van der Waals surface area contributed by atoms with Crippen LogP contribution >= 0.6 is 0 Å². The first-order chi connectivity index (χ1) is 35.2. The van der Waals surface area contributed by atoms with Crippen molar-refractivity contribution in [1.82, 2.24) is 24.1 Å². The van der Waals surface area contributed by atoms with E-state index in [-0.39, 0.29) is 21.7 Å². The molecule has 0 N–H and O–H groups in total. The van der Waals surface area contributed by atoms with Crippen molar-refractivity contribution in [1.29, 1.82) is 5.26 Å². The summed E-state index contributed by atoms with van der Waals surface area (Å²) in [6.07, 6.45) is 0. The fourth-order valence-corrected chi connectivity index (χ4v) is 10.5. The molecular weight excluding hydrogens is 901 g/mol. The quantitative estimate of drug-likeness (QED) is 0.166. The topological polar surface area (TPSA) is 72.3 Å². The summed E-state index contributed by atoms with van der Waals surface area (Å²) >= 11 is 0. The third-order valence-corrected chi connectivity index (χ3v) is 14.8. The fourth-order valence-electron chi connectivity index (χ4n) is 10.5. The van der Waals surface area contributed by atoms with Crippen LogP contribution in [0, 0.1) is 11.3 Å². The third-order valence-electron chi connectivity index (χ3n) is 14.8. The second kappa shape index (κ2) is 17.5. The molecule has 0 aliphatic carbocycles. The second-order valence-corrected chi connectivity index (χ2v) is 24.2. The predicted molar refractivity (Wildman–Crippen MR) is 310 cm³/mol. The Hall–Kier alpha value is -8.14. The standard InChI is InChI=1S/C68H64N6/c1-65(2,3)46-25-31-58-52(37-46)53-38-47(66(4,5)6)26-32-59(53)73(58)56-29-23-42(41-69)35-50(56)51-36-45(64-71-62(43-19-15-13-16-20-43)70-63(72-64)44-21-17-14-18-22-44)24-30-57(51)74-60-33-27-48(67(7,8)9)39-54(60)55-40-49(68(10,11)12)28-34-61(55)74/h13-40H,1-12H3. The molecule has 11 rings (SSSR count). The van der Waals surface area contributed by atoms with Gasteiger partial charge in [-0.2, -0.15) is 5.26 Å². The molecule has 8 aromatic carbocycles. The van der Waals surface area contributed by atoms with Crippen molar-refractivity contribution in [3.8, 4) is 62.7 Å². The van der Waals surface area contributed by atoms with Gasteiger partial charge in [-0.3, -0.25) is 0 Å². The molecular formula is C68H64N6. The van der Waals surface area contributed by atoms with Crippen molar-refractivity contribution < 1.29 is 0 Å². The third kappa shape index (κ3) is 8.54. The van der Waals surface area contributed by atoms with Gasteiger partial charge in [0.05, 0.1) is 45.1 Å². The van der Waals surface area contributed by atoms with Crippen LogP contribution in [-0.2, 0) is 21.7 Å². The fraction of sp³-hybridized carbons (Fsp3) is 0.235. The van der Waals surface area contributed by atoms with Crippen molar-refractivity contribution in [2.24, 2.45) is 0 Å². The van der Waals surface area contributed by atoms with E-state index in [9.17, 15) is 5.26 Å². The van der Waals surface area contributed by atoms with Gasteiger partial charge in [-0.05, 0) is 129 Å². The SMILES string of the molecule is CC(C)(C)c1ccc2c(c1)c1cc(C(C)(C)C)ccc1n2-c1ccc(C#N)cc1-c1cc(-c2nc(-c3ccccc3)nc(-c3ccccc3)n2)ccc1-n1c2ccc(C(C)(C)C)cc2c2cc(C(C)(C)C)ccc21. The van der Waals surface area contributed by atoms with Crippen molar-refractivity contribution in [2.45, 2.75) is 105 Å². The number of benzene rings is 8. The molecule has 0 amide bonds. The van der Waals surface area contributed by atoms with E-state index < -0.39 is 0 Å². The Kier molecular flexibility index (Phi) is 11.4. The van der Waals surface area contributed by atoms with Crippen LogP contribution in [0.1, 0.15) is 111 Å². The maximum atomic E-state index is 10.8. The lowest BCUT2D eigenvalue weighted by molar-refractivity contribution is 0.590. The molecule has 3 heterocycles. The number of hydrogen-bond donors (Lipinski definition) is 0. The maximum absolute atomic E-state index is 10.8. The average molecular weight is 965 g/mol. The van der Waals surface area contributed by atoms with Crippen LogP contribution in [0.5, 0.6) is 0 Å². The molecule has 11 aromatic rings. The summed E-state index contributed by atoms with van der Waals surface area (Å²) in [5, 5.41) is 15.6. The van der Waals surface area contributed by atoms with E-state index in [2.05, 4.69) is 201 Å². The Morgan fingerprint density at radius 3 is 1.00 bits per heavy atom. The van der Waals surface area contributed by atoms with E-state index in [0.29, 0.717) is 23.0 Å². The Bertz CT molecular complexity index is 3840. The molecule has 0 bridgehead atoms. The lowest BCUT2D eigenvalue weighted by Gasteiger charge is -2.22. The highest BCUT2D eigenvalue weighted by Gasteiger charge is 2.27. The summed E-state index contributed by atoms with van der Waals surface area (Å²) in [5.41, 5.74) is 16.2. The number of rotatable bonds is 6. The largest absolute Gasteiger partial charge is 0.309 e. The normalized spacial score (nSPS) is 12.6. The maximum Gasteiger partial charge on any atom is 0.164 e. The van der Waals surface area contributed by atoms with E-state index in [4.69, 9.17) is 15.0 Å². The minimum absolute atomic E-state index is 0.0570. The summed E-state index contributed by atoms with van der Waals surface area (Å²) in [5.74, 6) is 1.73. The monoisotopic (exact) mass is 965 g/mol. The molecule has 74 heavy (non-hydrogen) atoms. The molecule has 0 saturated heterocycles. The lowest BCUT2D eigenvalue weighted by atomic mass is 9.85. The zero-order valence-electron chi connectivity index (χ0n) is 44.8. The van der Waals surface area contributed by atoms with Crippen molar-refractivity contribution in [3.05, 3.63) is 198 Å². The molecule has 3 aromatic heterocycles. The van der Waals surface area contributed by atoms with E-state index >= 15 is 0 Å². The van der Waals surface area contributed by atoms with E-state index in [1.807, 2.05) is 66.7 Å². The first-order valence-corrected chi connectivity index (χ1v) is 25.9. The van der Waals surface area contributed by atoms with Gasteiger partial charge in [0.25, 0.3) is 0 Å². The van der Waals surface area contributed by atoms with Crippen molar-refractivity contribution >= 4 is 43.6 Å². The number of nitrogens with zero attached hydrogens (tertiary/aromatic N) is 6. The summed E-state index contributed by atoms with van der Waals surface area (Å²) < 4.78 is 4.85. The molecule has 6 heteroatoms. The lowest BCUT2D eigenvalue weighted by Crippen LogP contribution is -2.10. The number of hydrogen-bond acceptors (Lipinski definition) is 4. The van der Waals surface area contributed by atoms with Crippen LogP contribution in [0.2, 0.25) is 0 Å². The molecule has 0 saturated carbocycles. The average Bonchev–Trinajstić information content (AvgIpc) is 3.89. The van der Waals surface area contributed by atoms with Gasteiger partial charge in [0.15, 0.2) is 17.5 Å². The first-order valence-electron chi connectivity index (χ1n) is 25.9. The van der Waals surface area contributed by atoms with Gasteiger partial charge < -0.3 is 9.13 Å². The van der Waals surface area contributed by atoms with Crippen molar-refractivity contribution in [3.63, 3.8) is 0 Å². The van der Waals surface area contributed by atoms with Gasteiger partial charge in [-0.15, -0.1) is 0 Å². The number of fused-ring (bicyclic) bond motifs is 6. The highest BCUT2D eigenvalue weighted by molar-refractivity contribution is 6.12. The van der Waals surface area contributed by atoms with Gasteiger partial charge >= 0.3 is 0 Å². The minimum atomic E-state index is -0.0605. The molecule has 0 atom stereocenters. The molecule has 0 spiro atoms. The molecule has 366 valence electrons. The summed E-state index contributed by atoms with van der Waals surface area (Å²) in [6.45, 7) is 27.4. The summed E-state index contributed by atoms with van der Waals surface area (Å²) in [7, 11) is 0. The number of aromatic nitrogens is 5. The Morgan fingerprint density at radius 2 is 0.662 bits per heavy atom. The van der Waals surface area contributed by atoms with Gasteiger partial charge in [0.2, 0.25) is 0 Å². The first kappa shape index (κ1) is 48.1. The Labute approximate surface area is 436 Å². The van der Waals surface area contributed by atoms with Crippen LogP contribution in [0.15, 0.2) is 170 Å². The van der Waals surface area contributed by atoms with Crippen LogP contribution < -0.4 is 0 Å². The molecule has 0 unspecified atom stereocenters. The molecule has 6 nitrogen and oxygen atoms in total. The van der Waals surface area contributed by atoms with Crippen LogP contribution in [0.3, 0.4) is 0 Å². The van der Waals surface area contributed by atoms with E-state index in [1.54, 1.807) is 0 Å². The smallest absolute Gasteiger partial charge is 0.164 e. The molecule has 0 aliphatic rings. The van der Waals surface area contributed by atoms with Crippen LogP contribution in [-0.4, -0.2) is 24.1 Å². The molecule has 0 radical (unpaired) electrons. The van der Waals surface area contributed by atoms with Gasteiger partial charge in [0.1, 0.15) is 0 Å². The highest BCUT2D eigenvalue weighted by Crippen LogP contribution is 2.45. The minimum Gasteiger partial charge on any atom is -0.309 e. The van der Waals surface area contributed by atoms with E-state index in [1.165, 1.54) is 43.8 Å². The zero-order valence-corrected chi connectivity index (χ0v) is 44.8. The Morgan fingerprint density at radius 1 is 0.338 bits per heavy atom. The number of nitriles is 1. The molecule has 0 fully saturated rings. The van der Waals surface area contributed by atoms with Crippen LogP contribution in [0.4, 0.5) is 0 Å². The second-order valence-electron chi connectivity index (χ2n) is 24.2. The van der Waals surface area contributed by atoms with Crippen molar-refractivity contribution in [2.75, 3.05) is 0 Å². The zero-order chi connectivity index (χ0) is 52.1. The summed E-state index contributed by atoms with van der Waals surface area (Å²) in [4.78, 5) is 15.6. The predicted octanol–water partition coefficient (Wildman–Crippen LogP) is 17.8. The van der Waals surface area contributed by atoms with Crippen LogP contribution in [0.25, 0.3) is 100 Å². The summed E-state index contributed by atoms with van der Waals surface area (Å²) in [6, 6.07) is 63.5. The van der Waals surface area contributed by atoms with Gasteiger partial charge in [0, 0.05) is 49.4 Å². The van der Waals surface area contributed by atoms with Gasteiger partial charge in [-0.25, -0.2) is 15.0 Å².